The van der Waals surface area contributed by atoms with Crippen molar-refractivity contribution in [2.45, 2.75) is 19.3 Å². The van der Waals surface area contributed by atoms with Crippen LogP contribution in [-0.2, 0) is 16.0 Å². The van der Waals surface area contributed by atoms with E-state index in [1.807, 2.05) is 29.6 Å². The molecular formula is C23H22FN3O2S. The monoisotopic (exact) mass is 423 g/mol. The van der Waals surface area contributed by atoms with Gasteiger partial charge in [-0.3, -0.25) is 9.59 Å². The van der Waals surface area contributed by atoms with Crippen molar-refractivity contribution in [2.24, 2.45) is 5.92 Å². The molecule has 1 unspecified atom stereocenters. The van der Waals surface area contributed by atoms with Crippen molar-refractivity contribution in [3.63, 3.8) is 0 Å². The molecule has 2 amide bonds. The zero-order chi connectivity index (χ0) is 20.9. The minimum absolute atomic E-state index is 0.0372. The predicted molar refractivity (Wildman–Crippen MR) is 116 cm³/mol. The van der Waals surface area contributed by atoms with Gasteiger partial charge in [-0.05, 0) is 42.7 Å². The first-order valence-corrected chi connectivity index (χ1v) is 10.8. The third-order valence-electron chi connectivity index (χ3n) is 5.22. The second-order valence-corrected chi connectivity index (χ2v) is 8.28. The molecule has 1 fully saturated rings. The first kappa shape index (κ1) is 20.2. The number of thiazole rings is 1. The number of carbonyl (C=O) groups is 2. The Balaban J connectivity index is 1.37. The highest BCUT2D eigenvalue weighted by Crippen LogP contribution is 2.25. The van der Waals surface area contributed by atoms with Crippen LogP contribution < -0.4 is 5.32 Å². The number of rotatable bonds is 5. The second kappa shape index (κ2) is 9.17. The predicted octanol–water partition coefficient (Wildman–Crippen LogP) is 4.37. The summed E-state index contributed by atoms with van der Waals surface area (Å²) in [4.78, 5) is 31.5. The van der Waals surface area contributed by atoms with Crippen LogP contribution in [0.2, 0.25) is 0 Å². The molecule has 30 heavy (non-hydrogen) atoms. The van der Waals surface area contributed by atoms with Crippen molar-refractivity contribution in [3.8, 4) is 10.6 Å². The first-order chi connectivity index (χ1) is 14.6. The molecule has 154 valence electrons. The number of hydrogen-bond donors (Lipinski definition) is 1. The zero-order valence-electron chi connectivity index (χ0n) is 16.4. The summed E-state index contributed by atoms with van der Waals surface area (Å²) in [5, 5.41) is 5.81. The molecule has 1 aliphatic heterocycles. The summed E-state index contributed by atoms with van der Waals surface area (Å²) < 4.78 is 13.1. The van der Waals surface area contributed by atoms with Gasteiger partial charge in [0.1, 0.15) is 10.8 Å². The molecule has 0 aliphatic carbocycles. The van der Waals surface area contributed by atoms with E-state index in [1.165, 1.54) is 12.1 Å². The molecular weight excluding hydrogens is 401 g/mol. The Bertz CT molecular complexity index is 1020. The molecule has 1 N–H and O–H groups in total. The molecule has 1 saturated heterocycles. The number of nitrogens with one attached hydrogen (secondary N) is 1. The van der Waals surface area contributed by atoms with E-state index in [1.54, 1.807) is 34.6 Å². The van der Waals surface area contributed by atoms with Crippen LogP contribution in [0.25, 0.3) is 10.6 Å². The van der Waals surface area contributed by atoms with E-state index in [4.69, 9.17) is 0 Å². The maximum absolute atomic E-state index is 13.1. The van der Waals surface area contributed by atoms with Crippen LogP contribution in [0.5, 0.6) is 0 Å². The van der Waals surface area contributed by atoms with Crippen molar-refractivity contribution in [2.75, 3.05) is 18.4 Å². The van der Waals surface area contributed by atoms with Gasteiger partial charge in [0, 0.05) is 35.9 Å². The normalized spacial score (nSPS) is 16.3. The van der Waals surface area contributed by atoms with Gasteiger partial charge in [-0.1, -0.05) is 24.3 Å². The molecule has 2 aromatic carbocycles. The van der Waals surface area contributed by atoms with Crippen LogP contribution in [0.4, 0.5) is 10.1 Å². The lowest BCUT2D eigenvalue weighted by Gasteiger charge is -2.32. The minimum Gasteiger partial charge on any atom is -0.342 e. The van der Waals surface area contributed by atoms with Crippen molar-refractivity contribution < 1.29 is 14.0 Å². The van der Waals surface area contributed by atoms with Crippen LogP contribution in [-0.4, -0.2) is 34.8 Å². The molecule has 0 saturated carbocycles. The van der Waals surface area contributed by atoms with E-state index in [0.717, 1.165) is 34.7 Å². The lowest BCUT2D eigenvalue weighted by molar-refractivity contribution is -0.133. The number of amides is 2. The third kappa shape index (κ3) is 4.91. The van der Waals surface area contributed by atoms with Gasteiger partial charge >= 0.3 is 0 Å². The fourth-order valence-electron chi connectivity index (χ4n) is 3.65. The first-order valence-electron chi connectivity index (χ1n) is 9.91. The van der Waals surface area contributed by atoms with Gasteiger partial charge in [0.2, 0.25) is 11.8 Å². The van der Waals surface area contributed by atoms with E-state index in [0.29, 0.717) is 13.1 Å². The smallest absolute Gasteiger partial charge is 0.229 e. The maximum atomic E-state index is 13.1. The van der Waals surface area contributed by atoms with E-state index in [2.05, 4.69) is 10.3 Å². The summed E-state index contributed by atoms with van der Waals surface area (Å²) in [7, 11) is 0. The van der Waals surface area contributed by atoms with E-state index >= 15 is 0 Å². The number of piperidine rings is 1. The van der Waals surface area contributed by atoms with Crippen LogP contribution in [0, 0.1) is 11.7 Å². The molecule has 1 aliphatic rings. The molecule has 0 radical (unpaired) electrons. The third-order valence-corrected chi connectivity index (χ3v) is 6.05. The van der Waals surface area contributed by atoms with Gasteiger partial charge in [0.25, 0.3) is 0 Å². The largest absolute Gasteiger partial charge is 0.342 e. The highest BCUT2D eigenvalue weighted by atomic mass is 32.1. The van der Waals surface area contributed by atoms with Crippen molar-refractivity contribution >= 4 is 28.8 Å². The highest BCUT2D eigenvalue weighted by Gasteiger charge is 2.28. The lowest BCUT2D eigenvalue weighted by Crippen LogP contribution is -2.44. The average Bonchev–Trinajstić information content (AvgIpc) is 3.31. The van der Waals surface area contributed by atoms with Gasteiger partial charge in [-0.2, -0.15) is 0 Å². The molecule has 3 aromatic rings. The van der Waals surface area contributed by atoms with Gasteiger partial charge in [0.15, 0.2) is 0 Å². The lowest BCUT2D eigenvalue weighted by atomic mass is 9.96. The highest BCUT2D eigenvalue weighted by molar-refractivity contribution is 7.13. The van der Waals surface area contributed by atoms with Crippen molar-refractivity contribution in [1.29, 1.82) is 0 Å². The summed E-state index contributed by atoms with van der Waals surface area (Å²) in [6.07, 6.45) is 3.50. The minimum atomic E-state index is -0.320. The average molecular weight is 424 g/mol. The number of likely N-dealkylation sites (tertiary alicyclic amines) is 1. The van der Waals surface area contributed by atoms with E-state index < -0.39 is 0 Å². The van der Waals surface area contributed by atoms with Crippen LogP contribution in [0.1, 0.15) is 18.4 Å². The van der Waals surface area contributed by atoms with Gasteiger partial charge in [0.05, 0.1) is 12.3 Å². The topological polar surface area (TPSA) is 62.3 Å². The Hall–Kier alpha value is -3.06. The SMILES string of the molecule is O=C(Nc1cccc(-c2nccs2)c1)C1CCCN(C(=O)Cc2ccc(F)cc2)C1. The zero-order valence-corrected chi connectivity index (χ0v) is 17.2. The van der Waals surface area contributed by atoms with Crippen LogP contribution >= 0.6 is 11.3 Å². The summed E-state index contributed by atoms with van der Waals surface area (Å²) in [5.74, 6) is -0.685. The number of halogens is 1. The number of benzene rings is 2. The maximum Gasteiger partial charge on any atom is 0.229 e. The Kier molecular flexibility index (Phi) is 6.18. The fourth-order valence-corrected chi connectivity index (χ4v) is 4.28. The van der Waals surface area contributed by atoms with Crippen LogP contribution in [0.15, 0.2) is 60.1 Å². The van der Waals surface area contributed by atoms with Crippen LogP contribution in [0.3, 0.4) is 0 Å². The molecule has 0 bridgehead atoms. The Labute approximate surface area is 178 Å². The molecule has 5 nitrogen and oxygen atoms in total. The molecule has 0 spiro atoms. The van der Waals surface area contributed by atoms with Crippen molar-refractivity contribution in [1.82, 2.24) is 9.88 Å². The Morgan fingerprint density at radius 3 is 2.80 bits per heavy atom. The number of aromatic nitrogens is 1. The number of anilines is 1. The number of nitrogens with zero attached hydrogens (tertiary/aromatic N) is 2. The molecule has 1 atom stereocenters. The van der Waals surface area contributed by atoms with Gasteiger partial charge in [-0.15, -0.1) is 11.3 Å². The standard InChI is InChI=1S/C23H22FN3O2S/c24-19-8-6-16(7-9-19)13-21(28)27-11-2-4-18(15-27)22(29)26-20-5-1-3-17(14-20)23-25-10-12-30-23/h1,3,5-10,12,14,18H,2,4,11,13,15H2,(H,26,29). The number of carbonyl (C=O) groups excluding carboxylic acids is 2. The number of hydrogen-bond acceptors (Lipinski definition) is 4. The molecule has 7 heteroatoms. The Morgan fingerprint density at radius 2 is 2.03 bits per heavy atom. The second-order valence-electron chi connectivity index (χ2n) is 7.39. The summed E-state index contributed by atoms with van der Waals surface area (Å²) >= 11 is 1.55. The van der Waals surface area contributed by atoms with E-state index in [-0.39, 0.29) is 30.0 Å². The summed E-state index contributed by atoms with van der Waals surface area (Å²) in [6, 6.07) is 13.6. The van der Waals surface area contributed by atoms with Gasteiger partial charge in [-0.25, -0.2) is 9.37 Å². The molecule has 4 rings (SSSR count). The van der Waals surface area contributed by atoms with E-state index in [9.17, 15) is 14.0 Å². The Morgan fingerprint density at radius 1 is 1.20 bits per heavy atom. The quantitative estimate of drug-likeness (QED) is 0.663. The van der Waals surface area contributed by atoms with Gasteiger partial charge < -0.3 is 10.2 Å². The molecule has 2 heterocycles. The molecule has 1 aromatic heterocycles. The summed E-state index contributed by atoms with van der Waals surface area (Å²) in [6.45, 7) is 1.04. The summed E-state index contributed by atoms with van der Waals surface area (Å²) in [5.41, 5.74) is 2.46. The fraction of sp³-hybridized carbons (Fsp3) is 0.261. The van der Waals surface area contributed by atoms with Crippen molar-refractivity contribution in [3.05, 3.63) is 71.5 Å².